The molecule has 0 unspecified atom stereocenters. The van der Waals surface area contributed by atoms with Crippen molar-refractivity contribution in [1.82, 2.24) is 15.6 Å². The number of amides is 3. The molecular formula is C27H22F4N4O4. The van der Waals surface area contributed by atoms with E-state index in [0.29, 0.717) is 48.2 Å². The van der Waals surface area contributed by atoms with Crippen LogP contribution in [0.1, 0.15) is 41.0 Å². The number of ether oxygens (including phenoxy) is 1. The lowest BCUT2D eigenvalue weighted by atomic mass is 9.99. The number of fused-ring (bicyclic) bond motifs is 2. The highest BCUT2D eigenvalue weighted by Crippen LogP contribution is 2.77. The maximum Gasteiger partial charge on any atom is 0.416 e. The molecule has 0 bridgehead atoms. The normalized spacial score (nSPS) is 22.7. The van der Waals surface area contributed by atoms with Gasteiger partial charge in [-0.15, -0.1) is 0 Å². The van der Waals surface area contributed by atoms with Gasteiger partial charge in [0.05, 0.1) is 11.1 Å². The molecule has 1 aliphatic heterocycles. The monoisotopic (exact) mass is 542 g/mol. The number of carbonyl (C=O) groups is 2. The van der Waals surface area contributed by atoms with E-state index >= 15 is 0 Å². The van der Waals surface area contributed by atoms with Crippen LogP contribution in [0.15, 0.2) is 48.7 Å². The summed E-state index contributed by atoms with van der Waals surface area (Å²) in [7, 11) is 0. The molecule has 0 spiro atoms. The van der Waals surface area contributed by atoms with Crippen molar-refractivity contribution in [3.63, 3.8) is 0 Å². The SMILES string of the molecule is O=C1CCc2c(Oc3ccc(O)c([C@@H]4[C@@H]5C[C@@]45NC(=O)NCc4ccc(F)cc4C(F)(F)F)c3)ccnc2N1. The Labute approximate surface area is 219 Å². The van der Waals surface area contributed by atoms with Gasteiger partial charge in [-0.25, -0.2) is 14.2 Å². The van der Waals surface area contributed by atoms with Crippen LogP contribution in [-0.2, 0) is 23.9 Å². The van der Waals surface area contributed by atoms with E-state index in [9.17, 15) is 32.3 Å². The minimum atomic E-state index is -4.76. The molecular weight excluding hydrogens is 520 g/mol. The van der Waals surface area contributed by atoms with Crippen LogP contribution in [0.4, 0.5) is 28.2 Å². The van der Waals surface area contributed by atoms with Gasteiger partial charge in [0.2, 0.25) is 5.91 Å². The van der Waals surface area contributed by atoms with Gasteiger partial charge < -0.3 is 25.8 Å². The summed E-state index contributed by atoms with van der Waals surface area (Å²) in [5.41, 5.74) is -0.648. The molecule has 4 N–H and O–H groups in total. The molecule has 1 aromatic heterocycles. The fourth-order valence-corrected chi connectivity index (χ4v) is 5.35. The molecule has 3 amide bonds. The van der Waals surface area contributed by atoms with Gasteiger partial charge in [-0.3, -0.25) is 4.79 Å². The lowest BCUT2D eigenvalue weighted by Crippen LogP contribution is -2.41. The Bertz CT molecular complexity index is 1510. The number of aromatic hydroxyl groups is 1. The molecule has 2 aliphatic carbocycles. The number of anilines is 1. The van der Waals surface area contributed by atoms with Crippen LogP contribution in [-0.4, -0.2) is 27.6 Å². The molecule has 3 aliphatic rings. The zero-order valence-corrected chi connectivity index (χ0v) is 20.2. The number of urea groups is 1. The molecule has 2 fully saturated rings. The van der Waals surface area contributed by atoms with Crippen LogP contribution in [0.25, 0.3) is 0 Å². The van der Waals surface area contributed by atoms with Gasteiger partial charge in [0.15, 0.2) is 0 Å². The summed E-state index contributed by atoms with van der Waals surface area (Å²) in [6, 6.07) is 8.13. The number of hydrogen-bond donors (Lipinski definition) is 4. The number of nitrogens with one attached hydrogen (secondary N) is 3. The van der Waals surface area contributed by atoms with E-state index in [1.807, 2.05) is 0 Å². The van der Waals surface area contributed by atoms with Crippen molar-refractivity contribution in [2.45, 2.75) is 43.4 Å². The number of aromatic nitrogens is 1. The number of carbonyl (C=O) groups excluding carboxylic acids is 2. The average Bonchev–Trinajstić information content (AvgIpc) is 3.74. The van der Waals surface area contributed by atoms with E-state index in [-0.39, 0.29) is 29.1 Å². The summed E-state index contributed by atoms with van der Waals surface area (Å²) in [4.78, 5) is 28.4. The minimum Gasteiger partial charge on any atom is -0.508 e. The van der Waals surface area contributed by atoms with E-state index in [0.717, 1.165) is 17.7 Å². The lowest BCUT2D eigenvalue weighted by molar-refractivity contribution is -0.138. The maximum absolute atomic E-state index is 13.3. The van der Waals surface area contributed by atoms with Gasteiger partial charge in [0.25, 0.3) is 0 Å². The third-order valence-corrected chi connectivity index (χ3v) is 7.50. The van der Waals surface area contributed by atoms with Crippen molar-refractivity contribution in [2.24, 2.45) is 5.92 Å². The van der Waals surface area contributed by atoms with Gasteiger partial charge in [0.1, 0.15) is 28.9 Å². The van der Waals surface area contributed by atoms with Crippen molar-refractivity contribution < 1.29 is 37.0 Å². The molecule has 3 atom stereocenters. The molecule has 6 rings (SSSR count). The minimum absolute atomic E-state index is 0.0336. The highest BCUT2D eigenvalue weighted by atomic mass is 19.4. The van der Waals surface area contributed by atoms with Gasteiger partial charge in [-0.1, -0.05) is 6.07 Å². The lowest BCUT2D eigenvalue weighted by Gasteiger charge is -2.20. The Balaban J connectivity index is 1.13. The van der Waals surface area contributed by atoms with E-state index in [1.54, 1.807) is 18.2 Å². The standard InChI is InChI=1S/C27H22F4N4O4/c28-14-2-1-13(18(9-14)27(29,30)31)12-33-25(38)35-26-11-19(26)23(26)17-10-15(3-5-20(17)36)39-21-7-8-32-24-16(21)4-6-22(37)34-24/h1-3,5,7-10,19,23,36H,4,6,11-12H2,(H,32,34,37)(H2,33,35,38)/t19-,23+,26-/m0/s1. The van der Waals surface area contributed by atoms with E-state index in [1.165, 1.54) is 12.3 Å². The number of phenols is 1. The van der Waals surface area contributed by atoms with Crippen LogP contribution in [0.2, 0.25) is 0 Å². The molecule has 8 nitrogen and oxygen atoms in total. The smallest absolute Gasteiger partial charge is 0.416 e. The summed E-state index contributed by atoms with van der Waals surface area (Å²) < 4.78 is 59.1. The molecule has 2 saturated carbocycles. The second-order valence-corrected chi connectivity index (χ2v) is 9.94. The van der Waals surface area contributed by atoms with Crippen LogP contribution in [0.3, 0.4) is 0 Å². The number of alkyl halides is 3. The summed E-state index contributed by atoms with van der Waals surface area (Å²) in [6.07, 6.45) is -1.78. The largest absolute Gasteiger partial charge is 0.508 e. The number of phenolic OH excluding ortho intramolecular Hbond substituents is 1. The molecule has 0 radical (unpaired) electrons. The second kappa shape index (κ2) is 8.85. The van der Waals surface area contributed by atoms with E-state index in [4.69, 9.17) is 4.74 Å². The first-order chi connectivity index (χ1) is 18.5. The number of halogens is 4. The average molecular weight is 542 g/mol. The Morgan fingerprint density at radius 2 is 2.00 bits per heavy atom. The Morgan fingerprint density at radius 1 is 1.18 bits per heavy atom. The quantitative estimate of drug-likeness (QED) is 0.329. The third kappa shape index (κ3) is 4.59. The van der Waals surface area contributed by atoms with Crippen molar-refractivity contribution in [2.75, 3.05) is 5.32 Å². The Hall–Kier alpha value is -4.35. The first-order valence-corrected chi connectivity index (χ1v) is 12.3. The number of pyridine rings is 1. The molecule has 2 heterocycles. The van der Waals surface area contributed by atoms with Gasteiger partial charge in [0, 0.05) is 36.2 Å². The number of benzene rings is 2. The van der Waals surface area contributed by atoms with Gasteiger partial charge in [-0.2, -0.15) is 13.2 Å². The van der Waals surface area contributed by atoms with E-state index in [2.05, 4.69) is 20.9 Å². The molecule has 3 aromatic rings. The Kier molecular flexibility index (Phi) is 5.67. The summed E-state index contributed by atoms with van der Waals surface area (Å²) in [5, 5.41) is 18.5. The highest BCUT2D eigenvalue weighted by molar-refractivity contribution is 5.93. The third-order valence-electron chi connectivity index (χ3n) is 7.50. The van der Waals surface area contributed by atoms with E-state index < -0.39 is 35.7 Å². The summed E-state index contributed by atoms with van der Waals surface area (Å²) >= 11 is 0. The maximum atomic E-state index is 13.3. The van der Waals surface area contributed by atoms with Gasteiger partial charge >= 0.3 is 12.2 Å². The Morgan fingerprint density at radius 3 is 2.77 bits per heavy atom. The number of hydrogen-bond acceptors (Lipinski definition) is 5. The first-order valence-electron chi connectivity index (χ1n) is 12.3. The summed E-state index contributed by atoms with van der Waals surface area (Å²) in [6.45, 7) is -0.433. The predicted molar refractivity (Wildman–Crippen MR) is 130 cm³/mol. The van der Waals surface area contributed by atoms with Crippen molar-refractivity contribution in [3.05, 3.63) is 76.7 Å². The van der Waals surface area contributed by atoms with Crippen LogP contribution in [0.5, 0.6) is 17.2 Å². The fraction of sp³-hybridized carbons (Fsp3) is 0.296. The van der Waals surface area contributed by atoms with Gasteiger partial charge in [-0.05, 0) is 60.7 Å². The molecule has 2 aromatic carbocycles. The topological polar surface area (TPSA) is 113 Å². The molecule has 12 heteroatoms. The zero-order valence-electron chi connectivity index (χ0n) is 20.2. The highest BCUT2D eigenvalue weighted by Gasteiger charge is 2.80. The molecule has 202 valence electrons. The first kappa shape index (κ1) is 25.0. The molecule has 0 saturated heterocycles. The van der Waals surface area contributed by atoms with Crippen molar-refractivity contribution in [1.29, 1.82) is 0 Å². The van der Waals surface area contributed by atoms with Crippen molar-refractivity contribution >= 4 is 17.8 Å². The number of rotatable bonds is 6. The number of nitrogens with zero attached hydrogens (tertiary/aromatic N) is 1. The van der Waals surface area contributed by atoms with Crippen LogP contribution in [0, 0.1) is 11.7 Å². The van der Waals surface area contributed by atoms with Crippen LogP contribution >= 0.6 is 0 Å². The predicted octanol–water partition coefficient (Wildman–Crippen LogP) is 4.98. The van der Waals surface area contributed by atoms with Crippen molar-refractivity contribution in [3.8, 4) is 17.2 Å². The fourth-order valence-electron chi connectivity index (χ4n) is 5.35. The van der Waals surface area contributed by atoms with Crippen LogP contribution < -0.4 is 20.7 Å². The second-order valence-electron chi connectivity index (χ2n) is 9.94. The molecule has 39 heavy (non-hydrogen) atoms. The zero-order chi connectivity index (χ0) is 27.5. The summed E-state index contributed by atoms with van der Waals surface area (Å²) in [5.74, 6) is 0.220.